The summed E-state index contributed by atoms with van der Waals surface area (Å²) in [6.07, 6.45) is 7.14. The van der Waals surface area contributed by atoms with Crippen LogP contribution in [0.3, 0.4) is 0 Å². The maximum Gasteiger partial charge on any atom is 0.121 e. The molecule has 0 aliphatic rings. The zero-order valence-corrected chi connectivity index (χ0v) is 7.13. The molecule has 0 atom stereocenters. The fourth-order valence-electron chi connectivity index (χ4n) is 0.617. The molecular formula is C10H14O. The highest BCUT2D eigenvalue weighted by molar-refractivity contribution is 5.27. The number of allylic oxidation sites excluding steroid dienone is 5. The van der Waals surface area contributed by atoms with Crippen molar-refractivity contribution in [1.29, 1.82) is 0 Å². The summed E-state index contributed by atoms with van der Waals surface area (Å²) in [6.45, 7) is 9.14. The summed E-state index contributed by atoms with van der Waals surface area (Å²) in [7, 11) is 1.63. The predicted molar refractivity (Wildman–Crippen MR) is 49.2 cm³/mol. The van der Waals surface area contributed by atoms with Crippen LogP contribution in [0.5, 0.6) is 0 Å². The van der Waals surface area contributed by atoms with Gasteiger partial charge in [0.05, 0.1) is 7.11 Å². The molecule has 0 saturated carbocycles. The van der Waals surface area contributed by atoms with Crippen molar-refractivity contribution in [2.24, 2.45) is 0 Å². The number of methoxy groups -OCH3 is 1. The molecule has 1 heteroatoms. The van der Waals surface area contributed by atoms with Crippen LogP contribution < -0.4 is 0 Å². The summed E-state index contributed by atoms with van der Waals surface area (Å²) in [5.41, 5.74) is 1.02. The van der Waals surface area contributed by atoms with Gasteiger partial charge < -0.3 is 4.74 Å². The Bertz CT molecular complexity index is 197. The third kappa shape index (κ3) is 3.46. The van der Waals surface area contributed by atoms with Gasteiger partial charge >= 0.3 is 0 Å². The standard InChI is InChI=1S/C10H14O/c1-5-7-8-10(11-4)9(3)6-2/h5-8H,1-2H2,3-4H3/b8-7-,10-9-. The van der Waals surface area contributed by atoms with E-state index in [4.69, 9.17) is 4.74 Å². The second-order valence-electron chi connectivity index (χ2n) is 2.05. The smallest absolute Gasteiger partial charge is 0.121 e. The Labute approximate surface area is 68.4 Å². The second kappa shape index (κ2) is 5.54. The Morgan fingerprint density at radius 1 is 1.36 bits per heavy atom. The first kappa shape index (κ1) is 9.76. The van der Waals surface area contributed by atoms with Gasteiger partial charge in [0, 0.05) is 0 Å². The lowest BCUT2D eigenvalue weighted by Crippen LogP contribution is -1.84. The fourth-order valence-corrected chi connectivity index (χ4v) is 0.617. The zero-order chi connectivity index (χ0) is 8.69. The average molecular weight is 150 g/mol. The molecule has 0 fully saturated rings. The predicted octanol–water partition coefficient (Wildman–Crippen LogP) is 2.84. The largest absolute Gasteiger partial charge is 0.496 e. The van der Waals surface area contributed by atoms with Crippen molar-refractivity contribution in [3.63, 3.8) is 0 Å². The normalized spacial score (nSPS) is 12.5. The first-order chi connectivity index (χ1) is 5.26. The SMILES string of the molecule is C=C/C=C\C(OC)=C(/C)C=C. The minimum absolute atomic E-state index is 0.819. The summed E-state index contributed by atoms with van der Waals surface area (Å²) < 4.78 is 5.08. The van der Waals surface area contributed by atoms with Crippen LogP contribution in [0.15, 0.2) is 48.8 Å². The summed E-state index contributed by atoms with van der Waals surface area (Å²) >= 11 is 0. The van der Waals surface area contributed by atoms with E-state index in [0.717, 1.165) is 11.3 Å². The average Bonchev–Trinajstić information content (AvgIpc) is 2.05. The van der Waals surface area contributed by atoms with Gasteiger partial charge in [-0.05, 0) is 18.6 Å². The highest BCUT2D eigenvalue weighted by atomic mass is 16.5. The molecule has 11 heavy (non-hydrogen) atoms. The molecule has 60 valence electrons. The van der Waals surface area contributed by atoms with Crippen LogP contribution in [0.25, 0.3) is 0 Å². The van der Waals surface area contributed by atoms with Gasteiger partial charge in [-0.15, -0.1) is 0 Å². The lowest BCUT2D eigenvalue weighted by Gasteiger charge is -2.01. The molecule has 0 N–H and O–H groups in total. The molecule has 0 aromatic carbocycles. The minimum atomic E-state index is 0.819. The summed E-state index contributed by atoms with van der Waals surface area (Å²) in [5.74, 6) is 0.819. The fraction of sp³-hybridized carbons (Fsp3) is 0.200. The maximum atomic E-state index is 5.08. The Kier molecular flexibility index (Phi) is 4.91. The molecule has 0 aromatic rings. The monoisotopic (exact) mass is 150 g/mol. The van der Waals surface area contributed by atoms with E-state index in [9.17, 15) is 0 Å². The third-order valence-electron chi connectivity index (χ3n) is 1.30. The first-order valence-corrected chi connectivity index (χ1v) is 3.42. The topological polar surface area (TPSA) is 9.23 Å². The molecular weight excluding hydrogens is 136 g/mol. The molecule has 0 spiro atoms. The molecule has 0 aliphatic carbocycles. The molecule has 0 heterocycles. The molecule has 0 rings (SSSR count). The van der Waals surface area contributed by atoms with Crippen molar-refractivity contribution in [2.75, 3.05) is 7.11 Å². The van der Waals surface area contributed by atoms with Gasteiger partial charge in [0.25, 0.3) is 0 Å². The van der Waals surface area contributed by atoms with Crippen molar-refractivity contribution >= 4 is 0 Å². The Balaban J connectivity index is 4.50. The van der Waals surface area contributed by atoms with E-state index in [1.807, 2.05) is 19.1 Å². The number of rotatable bonds is 4. The summed E-state index contributed by atoms with van der Waals surface area (Å²) in [5, 5.41) is 0. The molecule has 0 saturated heterocycles. The van der Waals surface area contributed by atoms with Crippen molar-refractivity contribution in [3.8, 4) is 0 Å². The zero-order valence-electron chi connectivity index (χ0n) is 7.13. The molecule has 0 bridgehead atoms. The van der Waals surface area contributed by atoms with Gasteiger partial charge in [0.15, 0.2) is 0 Å². The number of hydrogen-bond donors (Lipinski definition) is 0. The van der Waals surface area contributed by atoms with Crippen LogP contribution in [-0.2, 0) is 4.74 Å². The molecule has 0 aromatic heterocycles. The van der Waals surface area contributed by atoms with Gasteiger partial charge in [0.2, 0.25) is 0 Å². The first-order valence-electron chi connectivity index (χ1n) is 3.42. The van der Waals surface area contributed by atoms with E-state index in [1.165, 1.54) is 0 Å². The van der Waals surface area contributed by atoms with E-state index in [2.05, 4.69) is 13.2 Å². The quantitative estimate of drug-likeness (QED) is 0.442. The Morgan fingerprint density at radius 3 is 2.36 bits per heavy atom. The van der Waals surface area contributed by atoms with Crippen molar-refractivity contribution < 1.29 is 4.74 Å². The van der Waals surface area contributed by atoms with Gasteiger partial charge in [-0.3, -0.25) is 0 Å². The Morgan fingerprint density at radius 2 is 2.00 bits per heavy atom. The number of ether oxygens (including phenoxy) is 1. The summed E-state index contributed by atoms with van der Waals surface area (Å²) in [6, 6.07) is 0. The molecule has 0 radical (unpaired) electrons. The molecule has 0 unspecified atom stereocenters. The molecule has 0 aliphatic heterocycles. The van der Waals surface area contributed by atoms with Crippen LogP contribution in [0.2, 0.25) is 0 Å². The van der Waals surface area contributed by atoms with Gasteiger partial charge in [-0.25, -0.2) is 0 Å². The van der Waals surface area contributed by atoms with E-state index in [0.29, 0.717) is 0 Å². The van der Waals surface area contributed by atoms with Gasteiger partial charge in [0.1, 0.15) is 5.76 Å². The van der Waals surface area contributed by atoms with Crippen molar-refractivity contribution in [1.82, 2.24) is 0 Å². The van der Waals surface area contributed by atoms with E-state index >= 15 is 0 Å². The van der Waals surface area contributed by atoms with Crippen LogP contribution in [0.4, 0.5) is 0 Å². The maximum absolute atomic E-state index is 5.08. The van der Waals surface area contributed by atoms with Crippen molar-refractivity contribution in [2.45, 2.75) is 6.92 Å². The van der Waals surface area contributed by atoms with Gasteiger partial charge in [-0.2, -0.15) is 0 Å². The van der Waals surface area contributed by atoms with Gasteiger partial charge in [-0.1, -0.05) is 31.4 Å². The molecule has 0 amide bonds. The van der Waals surface area contributed by atoms with Crippen LogP contribution in [0, 0.1) is 0 Å². The lowest BCUT2D eigenvalue weighted by atomic mass is 10.2. The summed E-state index contributed by atoms with van der Waals surface area (Å²) in [4.78, 5) is 0. The highest BCUT2D eigenvalue weighted by Crippen LogP contribution is 2.06. The van der Waals surface area contributed by atoms with Crippen LogP contribution in [-0.4, -0.2) is 7.11 Å². The van der Waals surface area contributed by atoms with E-state index in [1.54, 1.807) is 19.3 Å². The third-order valence-corrected chi connectivity index (χ3v) is 1.30. The van der Waals surface area contributed by atoms with Crippen LogP contribution >= 0.6 is 0 Å². The van der Waals surface area contributed by atoms with E-state index < -0.39 is 0 Å². The Hall–Kier alpha value is -1.24. The second-order valence-corrected chi connectivity index (χ2v) is 2.05. The van der Waals surface area contributed by atoms with Crippen molar-refractivity contribution in [3.05, 3.63) is 48.8 Å². The van der Waals surface area contributed by atoms with Crippen LogP contribution in [0.1, 0.15) is 6.92 Å². The number of hydrogen-bond acceptors (Lipinski definition) is 1. The highest BCUT2D eigenvalue weighted by Gasteiger charge is 1.91. The molecule has 1 nitrogen and oxygen atoms in total. The minimum Gasteiger partial charge on any atom is -0.496 e. The lowest BCUT2D eigenvalue weighted by molar-refractivity contribution is 0.303. The van der Waals surface area contributed by atoms with E-state index in [-0.39, 0.29) is 0 Å².